The third-order valence-electron chi connectivity index (χ3n) is 1.61. The molecule has 1 atom stereocenters. The minimum Gasteiger partial charge on any atom is -0.508 e. The van der Waals surface area contributed by atoms with Crippen LogP contribution in [0.1, 0.15) is 18.0 Å². The maximum Gasteiger partial charge on any atom is 0.115 e. The van der Waals surface area contributed by atoms with E-state index < -0.39 is 0 Å². The van der Waals surface area contributed by atoms with Crippen molar-refractivity contribution in [3.05, 3.63) is 29.8 Å². The van der Waals surface area contributed by atoms with Crippen LogP contribution >= 0.6 is 12.4 Å². The van der Waals surface area contributed by atoms with E-state index in [2.05, 4.69) is 0 Å². The van der Waals surface area contributed by atoms with Gasteiger partial charge in [-0.3, -0.25) is 0 Å². The van der Waals surface area contributed by atoms with Crippen molar-refractivity contribution in [2.45, 2.75) is 12.5 Å². The zero-order valence-electron chi connectivity index (χ0n) is 6.97. The van der Waals surface area contributed by atoms with Gasteiger partial charge < -0.3 is 10.8 Å². The molecule has 1 rings (SSSR count). The summed E-state index contributed by atoms with van der Waals surface area (Å²) in [6, 6.07) is 8.32. The maximum atomic E-state index is 9.09. The Bertz CT molecular complexity index is 309. The fourth-order valence-corrected chi connectivity index (χ4v) is 0.972. The van der Waals surface area contributed by atoms with Crippen molar-refractivity contribution in [1.82, 2.24) is 0 Å². The largest absolute Gasteiger partial charge is 0.508 e. The second-order valence-electron chi connectivity index (χ2n) is 2.56. The number of benzene rings is 1. The van der Waals surface area contributed by atoms with Gasteiger partial charge in [0.05, 0.1) is 12.5 Å². The standard InChI is InChI=1S/C9H10N2O.ClH/c10-5-4-9(11)7-2-1-3-8(12)6-7;/h1-3,6,9,12H,4,11H2;1H/t9-;/m0./s1. The van der Waals surface area contributed by atoms with Gasteiger partial charge in [-0.15, -0.1) is 12.4 Å². The Morgan fingerprint density at radius 2 is 2.23 bits per heavy atom. The topological polar surface area (TPSA) is 70.0 Å². The molecule has 0 unspecified atom stereocenters. The van der Waals surface area contributed by atoms with E-state index in [4.69, 9.17) is 16.1 Å². The van der Waals surface area contributed by atoms with Crippen LogP contribution in [0.3, 0.4) is 0 Å². The van der Waals surface area contributed by atoms with Crippen LogP contribution in [0, 0.1) is 11.3 Å². The van der Waals surface area contributed by atoms with Crippen molar-refractivity contribution in [3.63, 3.8) is 0 Å². The first-order chi connectivity index (χ1) is 5.74. The van der Waals surface area contributed by atoms with Crippen molar-refractivity contribution >= 4 is 12.4 Å². The molecule has 0 fully saturated rings. The van der Waals surface area contributed by atoms with E-state index in [1.165, 1.54) is 0 Å². The molecule has 0 amide bonds. The van der Waals surface area contributed by atoms with Crippen molar-refractivity contribution in [3.8, 4) is 11.8 Å². The van der Waals surface area contributed by atoms with Gasteiger partial charge in [-0.2, -0.15) is 5.26 Å². The molecule has 1 aromatic rings. The lowest BCUT2D eigenvalue weighted by Crippen LogP contribution is -2.08. The molecule has 70 valence electrons. The Hall–Kier alpha value is -1.24. The van der Waals surface area contributed by atoms with E-state index in [9.17, 15) is 0 Å². The molecule has 3 N–H and O–H groups in total. The molecule has 0 saturated heterocycles. The highest BCUT2D eigenvalue weighted by atomic mass is 35.5. The van der Waals surface area contributed by atoms with Gasteiger partial charge in [0.25, 0.3) is 0 Å². The first kappa shape index (κ1) is 11.8. The summed E-state index contributed by atoms with van der Waals surface area (Å²) in [6.07, 6.45) is 0.267. The number of halogens is 1. The summed E-state index contributed by atoms with van der Waals surface area (Å²) < 4.78 is 0. The van der Waals surface area contributed by atoms with Gasteiger partial charge >= 0.3 is 0 Å². The van der Waals surface area contributed by atoms with Crippen LogP contribution in [0.15, 0.2) is 24.3 Å². The number of nitrogens with zero attached hydrogens (tertiary/aromatic N) is 1. The molecule has 1 aromatic carbocycles. The highest BCUT2D eigenvalue weighted by Gasteiger charge is 2.04. The lowest BCUT2D eigenvalue weighted by molar-refractivity contribution is 0.473. The minimum absolute atomic E-state index is 0. The molecule has 0 saturated carbocycles. The second kappa shape index (κ2) is 5.41. The normalized spacial score (nSPS) is 11.1. The van der Waals surface area contributed by atoms with Crippen LogP contribution < -0.4 is 5.73 Å². The first-order valence-corrected chi connectivity index (χ1v) is 3.65. The highest BCUT2D eigenvalue weighted by Crippen LogP contribution is 2.17. The van der Waals surface area contributed by atoms with E-state index in [0.717, 1.165) is 5.56 Å². The number of nitriles is 1. The van der Waals surface area contributed by atoms with Gasteiger partial charge in [-0.1, -0.05) is 12.1 Å². The number of rotatable bonds is 2. The van der Waals surface area contributed by atoms with E-state index >= 15 is 0 Å². The summed E-state index contributed by atoms with van der Waals surface area (Å²) in [5.41, 5.74) is 6.43. The third kappa shape index (κ3) is 3.32. The molecular formula is C9H11ClN2O. The summed E-state index contributed by atoms with van der Waals surface area (Å²) in [5, 5.41) is 17.5. The lowest BCUT2D eigenvalue weighted by atomic mass is 10.1. The van der Waals surface area contributed by atoms with E-state index in [-0.39, 0.29) is 30.6 Å². The third-order valence-corrected chi connectivity index (χ3v) is 1.61. The predicted octanol–water partition coefficient (Wildman–Crippen LogP) is 1.73. The molecule has 0 aliphatic heterocycles. The SMILES string of the molecule is Cl.N#CC[C@H](N)c1cccc(O)c1. The average Bonchev–Trinajstić information content (AvgIpc) is 2.05. The molecule has 0 spiro atoms. The molecule has 0 radical (unpaired) electrons. The van der Waals surface area contributed by atoms with Crippen molar-refractivity contribution < 1.29 is 5.11 Å². The molecule has 0 bridgehead atoms. The number of phenolic OH excluding ortho intramolecular Hbond substituents is 1. The Labute approximate surface area is 83.2 Å². The van der Waals surface area contributed by atoms with Crippen LogP contribution in [0.5, 0.6) is 5.75 Å². The molecule has 0 aliphatic carbocycles. The summed E-state index contributed by atoms with van der Waals surface area (Å²) in [7, 11) is 0. The average molecular weight is 199 g/mol. The minimum atomic E-state index is -0.304. The molecule has 0 heterocycles. The van der Waals surface area contributed by atoms with Crippen LogP contribution in [0.4, 0.5) is 0 Å². The van der Waals surface area contributed by atoms with Crippen LogP contribution in [-0.4, -0.2) is 5.11 Å². The number of hydrogen-bond acceptors (Lipinski definition) is 3. The summed E-state index contributed by atoms with van der Waals surface area (Å²) in [4.78, 5) is 0. The zero-order valence-corrected chi connectivity index (χ0v) is 7.79. The van der Waals surface area contributed by atoms with Gasteiger partial charge in [0.1, 0.15) is 5.75 Å². The second-order valence-corrected chi connectivity index (χ2v) is 2.56. The van der Waals surface area contributed by atoms with Gasteiger partial charge in [0.15, 0.2) is 0 Å². The van der Waals surface area contributed by atoms with Gasteiger partial charge in [-0.25, -0.2) is 0 Å². The van der Waals surface area contributed by atoms with E-state index in [1.807, 2.05) is 6.07 Å². The quantitative estimate of drug-likeness (QED) is 0.761. The fourth-order valence-electron chi connectivity index (χ4n) is 0.972. The number of aromatic hydroxyl groups is 1. The van der Waals surface area contributed by atoms with Crippen LogP contribution in [0.2, 0.25) is 0 Å². The smallest absolute Gasteiger partial charge is 0.115 e. The Balaban J connectivity index is 0.00000144. The summed E-state index contributed by atoms with van der Waals surface area (Å²) >= 11 is 0. The summed E-state index contributed by atoms with van der Waals surface area (Å²) in [5.74, 6) is 0.181. The number of phenols is 1. The van der Waals surface area contributed by atoms with Gasteiger partial charge in [-0.05, 0) is 17.7 Å². The van der Waals surface area contributed by atoms with Gasteiger partial charge in [0, 0.05) is 6.04 Å². The lowest BCUT2D eigenvalue weighted by Gasteiger charge is -2.06. The van der Waals surface area contributed by atoms with E-state index in [0.29, 0.717) is 0 Å². The molecule has 4 heteroatoms. The number of hydrogen-bond donors (Lipinski definition) is 2. The molecule has 0 aromatic heterocycles. The van der Waals surface area contributed by atoms with Crippen LogP contribution in [0.25, 0.3) is 0 Å². The highest BCUT2D eigenvalue weighted by molar-refractivity contribution is 5.85. The molecule has 3 nitrogen and oxygen atoms in total. The zero-order chi connectivity index (χ0) is 8.97. The molecular weight excluding hydrogens is 188 g/mol. The number of nitrogens with two attached hydrogens (primary N) is 1. The first-order valence-electron chi connectivity index (χ1n) is 3.65. The maximum absolute atomic E-state index is 9.09. The predicted molar refractivity (Wildman–Crippen MR) is 52.5 cm³/mol. The fraction of sp³-hybridized carbons (Fsp3) is 0.222. The summed E-state index contributed by atoms with van der Waals surface area (Å²) in [6.45, 7) is 0. The molecule has 13 heavy (non-hydrogen) atoms. The Morgan fingerprint density at radius 3 is 2.77 bits per heavy atom. The Morgan fingerprint density at radius 1 is 1.54 bits per heavy atom. The van der Waals surface area contributed by atoms with Crippen LogP contribution in [-0.2, 0) is 0 Å². The van der Waals surface area contributed by atoms with Crippen molar-refractivity contribution in [1.29, 1.82) is 5.26 Å². The monoisotopic (exact) mass is 198 g/mol. The van der Waals surface area contributed by atoms with Crippen molar-refractivity contribution in [2.75, 3.05) is 0 Å². The molecule has 0 aliphatic rings. The van der Waals surface area contributed by atoms with Gasteiger partial charge in [0.2, 0.25) is 0 Å². The van der Waals surface area contributed by atoms with E-state index in [1.54, 1.807) is 24.3 Å². The van der Waals surface area contributed by atoms with Crippen molar-refractivity contribution in [2.24, 2.45) is 5.73 Å². The Kier molecular flexibility index (Phi) is 4.90.